The van der Waals surface area contributed by atoms with Gasteiger partial charge in [-0.15, -0.1) is 0 Å². The van der Waals surface area contributed by atoms with Crippen molar-refractivity contribution in [3.8, 4) is 5.75 Å². The molecule has 19 heavy (non-hydrogen) atoms. The summed E-state index contributed by atoms with van der Waals surface area (Å²) in [5.74, 6) is 0.761. The highest BCUT2D eigenvalue weighted by Gasteiger charge is 2.16. The molecule has 0 radical (unpaired) electrons. The number of benzene rings is 1. The van der Waals surface area contributed by atoms with Crippen LogP contribution in [0.5, 0.6) is 5.75 Å². The highest BCUT2D eigenvalue weighted by atomic mass is 16.5. The van der Waals surface area contributed by atoms with Gasteiger partial charge in [0.1, 0.15) is 18.5 Å². The first-order valence-corrected chi connectivity index (χ1v) is 6.19. The zero-order chi connectivity index (χ0) is 14.3. The number of methoxy groups -OCH3 is 1. The number of hydrogen-bond acceptors (Lipinski definition) is 3. The molecule has 0 N–H and O–H groups in total. The summed E-state index contributed by atoms with van der Waals surface area (Å²) in [4.78, 5) is 13.5. The molecule has 0 aliphatic rings. The van der Waals surface area contributed by atoms with E-state index in [-0.39, 0.29) is 5.91 Å². The number of likely N-dealkylation sites (N-methyl/N-ethyl adjacent to an activating group) is 1. The van der Waals surface area contributed by atoms with Crippen LogP contribution >= 0.6 is 0 Å². The monoisotopic (exact) mass is 263 g/mol. The van der Waals surface area contributed by atoms with E-state index < -0.39 is 6.10 Å². The average molecular weight is 263 g/mol. The Bertz CT molecular complexity index is 414. The second kappa shape index (κ2) is 7.59. The van der Waals surface area contributed by atoms with Gasteiger partial charge >= 0.3 is 0 Å². The lowest BCUT2D eigenvalue weighted by molar-refractivity contribution is -0.140. The summed E-state index contributed by atoms with van der Waals surface area (Å²) in [6, 6.07) is 7.66. The van der Waals surface area contributed by atoms with Crippen molar-refractivity contribution >= 4 is 5.91 Å². The van der Waals surface area contributed by atoms with E-state index in [0.717, 1.165) is 11.3 Å². The van der Waals surface area contributed by atoms with E-state index in [9.17, 15) is 4.79 Å². The molecule has 0 aliphatic carbocycles. The van der Waals surface area contributed by atoms with Crippen molar-refractivity contribution in [1.82, 2.24) is 4.90 Å². The Labute approximate surface area is 114 Å². The molecule has 1 amide bonds. The Hall–Kier alpha value is -1.81. The molecular formula is C15H21NO3. The molecule has 1 aromatic rings. The van der Waals surface area contributed by atoms with Gasteiger partial charge in [0.15, 0.2) is 0 Å². The van der Waals surface area contributed by atoms with E-state index in [1.54, 1.807) is 24.9 Å². The van der Waals surface area contributed by atoms with Gasteiger partial charge in [0.05, 0.1) is 0 Å². The van der Waals surface area contributed by atoms with Crippen LogP contribution in [0, 0.1) is 0 Å². The first-order chi connectivity index (χ1) is 9.08. The molecule has 0 bridgehead atoms. The van der Waals surface area contributed by atoms with Crippen LogP contribution in [0.4, 0.5) is 0 Å². The van der Waals surface area contributed by atoms with Gasteiger partial charge in [0.2, 0.25) is 0 Å². The van der Waals surface area contributed by atoms with Gasteiger partial charge in [0, 0.05) is 20.7 Å². The number of amides is 1. The Morgan fingerprint density at radius 1 is 1.42 bits per heavy atom. The quantitative estimate of drug-likeness (QED) is 0.708. The fraction of sp³-hybridized carbons (Fsp3) is 0.400. The number of carbonyl (C=O) groups is 1. The minimum Gasteiger partial charge on any atom is -0.490 e. The SMILES string of the molecule is C=CCOc1ccc(CN(C)C(=O)C(C)OC)cc1. The molecule has 0 aromatic heterocycles. The summed E-state index contributed by atoms with van der Waals surface area (Å²) >= 11 is 0. The minimum atomic E-state index is -0.416. The molecule has 0 saturated carbocycles. The molecule has 0 fully saturated rings. The van der Waals surface area contributed by atoms with Gasteiger partial charge in [-0.1, -0.05) is 24.8 Å². The van der Waals surface area contributed by atoms with Crippen LogP contribution in [0.2, 0.25) is 0 Å². The Balaban J connectivity index is 2.57. The maximum atomic E-state index is 11.9. The van der Waals surface area contributed by atoms with Crippen LogP contribution < -0.4 is 4.74 Å². The van der Waals surface area contributed by atoms with E-state index >= 15 is 0 Å². The van der Waals surface area contributed by atoms with Crippen molar-refractivity contribution in [2.24, 2.45) is 0 Å². The van der Waals surface area contributed by atoms with Gasteiger partial charge in [-0.2, -0.15) is 0 Å². The lowest BCUT2D eigenvalue weighted by Crippen LogP contribution is -2.35. The minimum absolute atomic E-state index is 0.0329. The largest absolute Gasteiger partial charge is 0.490 e. The summed E-state index contributed by atoms with van der Waals surface area (Å²) in [6.45, 7) is 6.38. The Morgan fingerprint density at radius 3 is 2.58 bits per heavy atom. The fourth-order valence-corrected chi connectivity index (χ4v) is 1.61. The van der Waals surface area contributed by atoms with Crippen LogP contribution in [0.15, 0.2) is 36.9 Å². The van der Waals surface area contributed by atoms with Gasteiger partial charge < -0.3 is 14.4 Å². The zero-order valence-electron chi connectivity index (χ0n) is 11.8. The van der Waals surface area contributed by atoms with Crippen molar-refractivity contribution in [2.75, 3.05) is 20.8 Å². The summed E-state index contributed by atoms with van der Waals surface area (Å²) in [5, 5.41) is 0. The maximum Gasteiger partial charge on any atom is 0.251 e. The predicted octanol–water partition coefficient (Wildman–Crippen LogP) is 2.24. The zero-order valence-corrected chi connectivity index (χ0v) is 11.8. The third-order valence-electron chi connectivity index (χ3n) is 2.79. The molecule has 0 aliphatic heterocycles. The second-order valence-corrected chi connectivity index (χ2v) is 4.32. The van der Waals surface area contributed by atoms with Gasteiger partial charge in [-0.3, -0.25) is 4.79 Å². The predicted molar refractivity (Wildman–Crippen MR) is 75.1 cm³/mol. The topological polar surface area (TPSA) is 38.8 Å². The molecule has 1 atom stereocenters. The third-order valence-corrected chi connectivity index (χ3v) is 2.79. The standard InChI is InChI=1S/C15H21NO3/c1-5-10-19-14-8-6-13(7-9-14)11-16(3)15(17)12(2)18-4/h5-9,12H,1,10-11H2,2-4H3. The third kappa shape index (κ3) is 4.75. The van der Waals surface area contributed by atoms with Gasteiger partial charge in [-0.05, 0) is 24.6 Å². The maximum absolute atomic E-state index is 11.9. The summed E-state index contributed by atoms with van der Waals surface area (Å²) in [6.07, 6.45) is 1.28. The van der Waals surface area contributed by atoms with Crippen LogP contribution in [-0.4, -0.2) is 37.7 Å². The highest BCUT2D eigenvalue weighted by Crippen LogP contribution is 2.13. The molecule has 0 heterocycles. The van der Waals surface area contributed by atoms with Crippen molar-refractivity contribution in [3.05, 3.63) is 42.5 Å². The van der Waals surface area contributed by atoms with E-state index in [1.807, 2.05) is 24.3 Å². The summed E-state index contributed by atoms with van der Waals surface area (Å²) < 4.78 is 10.4. The number of hydrogen-bond donors (Lipinski definition) is 0. The molecule has 1 aromatic carbocycles. The Kier molecular flexibility index (Phi) is 6.09. The van der Waals surface area contributed by atoms with Crippen LogP contribution in [-0.2, 0) is 16.1 Å². The molecule has 4 heteroatoms. The Morgan fingerprint density at radius 2 is 2.05 bits per heavy atom. The van der Waals surface area contributed by atoms with Crippen molar-refractivity contribution in [3.63, 3.8) is 0 Å². The second-order valence-electron chi connectivity index (χ2n) is 4.32. The lowest BCUT2D eigenvalue weighted by Gasteiger charge is -2.20. The van der Waals surface area contributed by atoms with Gasteiger partial charge in [-0.25, -0.2) is 0 Å². The molecular weight excluding hydrogens is 242 g/mol. The van der Waals surface area contributed by atoms with Crippen LogP contribution in [0.25, 0.3) is 0 Å². The van der Waals surface area contributed by atoms with Gasteiger partial charge in [0.25, 0.3) is 5.91 Å². The number of ether oxygens (including phenoxy) is 2. The summed E-state index contributed by atoms with van der Waals surface area (Å²) in [5.41, 5.74) is 1.05. The van der Waals surface area contributed by atoms with Crippen molar-refractivity contribution < 1.29 is 14.3 Å². The lowest BCUT2D eigenvalue weighted by atomic mass is 10.2. The van der Waals surface area contributed by atoms with E-state index in [1.165, 1.54) is 7.11 Å². The number of nitrogens with zero attached hydrogens (tertiary/aromatic N) is 1. The van der Waals surface area contributed by atoms with E-state index in [2.05, 4.69) is 6.58 Å². The first kappa shape index (κ1) is 15.2. The van der Waals surface area contributed by atoms with Crippen molar-refractivity contribution in [1.29, 1.82) is 0 Å². The highest BCUT2D eigenvalue weighted by molar-refractivity contribution is 5.80. The smallest absolute Gasteiger partial charge is 0.251 e. The first-order valence-electron chi connectivity index (χ1n) is 6.19. The molecule has 1 unspecified atom stereocenters. The summed E-state index contributed by atoms with van der Waals surface area (Å²) in [7, 11) is 3.29. The van der Waals surface area contributed by atoms with Crippen LogP contribution in [0.3, 0.4) is 0 Å². The molecule has 104 valence electrons. The molecule has 0 spiro atoms. The van der Waals surface area contributed by atoms with E-state index in [0.29, 0.717) is 13.2 Å². The fourth-order valence-electron chi connectivity index (χ4n) is 1.61. The van der Waals surface area contributed by atoms with Crippen LogP contribution in [0.1, 0.15) is 12.5 Å². The van der Waals surface area contributed by atoms with E-state index in [4.69, 9.17) is 9.47 Å². The van der Waals surface area contributed by atoms with Crippen molar-refractivity contribution in [2.45, 2.75) is 19.6 Å². The normalized spacial score (nSPS) is 11.7. The average Bonchev–Trinajstić information content (AvgIpc) is 2.44. The molecule has 0 saturated heterocycles. The molecule has 4 nitrogen and oxygen atoms in total. The number of carbonyl (C=O) groups excluding carboxylic acids is 1. The molecule has 1 rings (SSSR count). The number of rotatable bonds is 7.